The minimum absolute atomic E-state index is 0.0142. The van der Waals surface area contributed by atoms with Crippen molar-refractivity contribution in [2.45, 2.75) is 32.4 Å². The fourth-order valence-corrected chi connectivity index (χ4v) is 5.07. The maximum absolute atomic E-state index is 12.0. The van der Waals surface area contributed by atoms with Crippen LogP contribution in [0.3, 0.4) is 0 Å². The molecule has 0 radical (unpaired) electrons. The molecule has 2 atom stereocenters. The number of methoxy groups -OCH3 is 1. The molecule has 0 bridgehead atoms. The Morgan fingerprint density at radius 1 is 1.08 bits per heavy atom. The number of nitrogens with zero attached hydrogens (tertiary/aromatic N) is 3. The molecule has 188 valence electrons. The summed E-state index contributed by atoms with van der Waals surface area (Å²) in [6.45, 7) is 3.83. The third-order valence-electron chi connectivity index (χ3n) is 6.62. The minimum Gasteiger partial charge on any atom is -0.497 e. The molecule has 7 nitrogen and oxygen atoms in total. The number of thiocarbonyl (C=S) groups is 1. The second kappa shape index (κ2) is 10.4. The first kappa shape index (κ1) is 24.5. The summed E-state index contributed by atoms with van der Waals surface area (Å²) in [6.07, 6.45) is 4.29. The molecule has 2 N–H and O–H groups in total. The zero-order chi connectivity index (χ0) is 25.9. The number of aromatic nitrogens is 2. The average molecular weight is 512 g/mol. The van der Waals surface area contributed by atoms with Gasteiger partial charge in [-0.05, 0) is 91.4 Å². The van der Waals surface area contributed by atoms with Crippen molar-refractivity contribution >= 4 is 34.6 Å². The van der Waals surface area contributed by atoms with Gasteiger partial charge in [0.05, 0.1) is 18.8 Å². The van der Waals surface area contributed by atoms with Gasteiger partial charge in [0.2, 0.25) is 5.91 Å². The highest BCUT2D eigenvalue weighted by Crippen LogP contribution is 2.43. The second-order valence-corrected chi connectivity index (χ2v) is 9.29. The van der Waals surface area contributed by atoms with Gasteiger partial charge in [0.15, 0.2) is 5.11 Å². The molecule has 1 aliphatic heterocycles. The molecule has 1 aliphatic rings. The minimum atomic E-state index is -0.171. The van der Waals surface area contributed by atoms with Crippen LogP contribution in [0, 0.1) is 6.92 Å². The first-order valence-corrected chi connectivity index (χ1v) is 12.6. The van der Waals surface area contributed by atoms with E-state index >= 15 is 0 Å². The Morgan fingerprint density at radius 3 is 2.54 bits per heavy atom. The molecule has 2 unspecified atom stereocenters. The van der Waals surface area contributed by atoms with Gasteiger partial charge < -0.3 is 24.8 Å². The number of hydrogen-bond donors (Lipinski definition) is 2. The number of carbonyl (C=O) groups is 1. The highest BCUT2D eigenvalue weighted by Gasteiger charge is 2.42. The number of amides is 1. The number of ether oxygens (including phenoxy) is 1. The third-order valence-corrected chi connectivity index (χ3v) is 6.93. The molecule has 1 amide bonds. The first-order valence-electron chi connectivity index (χ1n) is 12.2. The Labute approximate surface area is 222 Å². The van der Waals surface area contributed by atoms with Crippen molar-refractivity contribution in [2.24, 2.45) is 0 Å². The van der Waals surface area contributed by atoms with Gasteiger partial charge in [-0.3, -0.25) is 9.78 Å². The van der Waals surface area contributed by atoms with Crippen molar-refractivity contribution in [3.05, 3.63) is 102 Å². The second-order valence-electron chi connectivity index (χ2n) is 8.90. The lowest BCUT2D eigenvalue weighted by Gasteiger charge is -2.29. The van der Waals surface area contributed by atoms with Gasteiger partial charge in [0.25, 0.3) is 0 Å². The van der Waals surface area contributed by atoms with Crippen LogP contribution in [0.5, 0.6) is 5.75 Å². The van der Waals surface area contributed by atoms with E-state index in [0.717, 1.165) is 39.8 Å². The predicted octanol–water partition coefficient (Wildman–Crippen LogP) is 5.71. The van der Waals surface area contributed by atoms with E-state index in [1.165, 1.54) is 0 Å². The van der Waals surface area contributed by atoms with Gasteiger partial charge in [-0.1, -0.05) is 13.0 Å². The molecule has 5 rings (SSSR count). The third kappa shape index (κ3) is 4.80. The van der Waals surface area contributed by atoms with Crippen LogP contribution < -0.4 is 20.3 Å². The molecule has 0 saturated carbocycles. The number of nitrogens with one attached hydrogen (secondary N) is 2. The van der Waals surface area contributed by atoms with Gasteiger partial charge in [-0.2, -0.15) is 0 Å². The van der Waals surface area contributed by atoms with Crippen LogP contribution in [0.25, 0.3) is 5.69 Å². The zero-order valence-electron chi connectivity index (χ0n) is 21.0. The molecule has 2 aromatic heterocycles. The number of hydrogen-bond acceptors (Lipinski definition) is 4. The number of pyridine rings is 1. The van der Waals surface area contributed by atoms with E-state index in [1.807, 2.05) is 74.5 Å². The van der Waals surface area contributed by atoms with Crippen molar-refractivity contribution in [3.8, 4) is 11.4 Å². The van der Waals surface area contributed by atoms with Crippen LogP contribution in [-0.4, -0.2) is 27.7 Å². The quantitative estimate of drug-likeness (QED) is 0.310. The van der Waals surface area contributed by atoms with E-state index in [9.17, 15) is 4.79 Å². The Hall–Kier alpha value is -4.17. The summed E-state index contributed by atoms with van der Waals surface area (Å²) < 4.78 is 7.53. The topological polar surface area (TPSA) is 71.4 Å². The Morgan fingerprint density at radius 2 is 1.86 bits per heavy atom. The van der Waals surface area contributed by atoms with Crippen LogP contribution in [0.2, 0.25) is 0 Å². The maximum Gasteiger partial charge on any atom is 0.224 e. The van der Waals surface area contributed by atoms with Crippen LogP contribution >= 0.6 is 12.2 Å². The summed E-state index contributed by atoms with van der Waals surface area (Å²) >= 11 is 5.90. The lowest BCUT2D eigenvalue weighted by atomic mass is 10.00. The van der Waals surface area contributed by atoms with Gasteiger partial charge in [0, 0.05) is 41.6 Å². The molecule has 1 saturated heterocycles. The lowest BCUT2D eigenvalue weighted by molar-refractivity contribution is -0.115. The van der Waals surface area contributed by atoms with Crippen molar-refractivity contribution < 1.29 is 9.53 Å². The molecule has 0 spiro atoms. The summed E-state index contributed by atoms with van der Waals surface area (Å²) in [7, 11) is 1.66. The molecule has 3 heterocycles. The van der Waals surface area contributed by atoms with E-state index in [0.29, 0.717) is 11.5 Å². The highest BCUT2D eigenvalue weighted by molar-refractivity contribution is 7.80. The molecule has 0 aliphatic carbocycles. The van der Waals surface area contributed by atoms with Crippen LogP contribution in [0.1, 0.15) is 42.4 Å². The number of aryl methyl sites for hydroxylation is 1. The Balaban J connectivity index is 1.60. The molecule has 37 heavy (non-hydrogen) atoms. The van der Waals surface area contributed by atoms with Crippen molar-refractivity contribution in [1.29, 1.82) is 0 Å². The molecular weight excluding hydrogens is 482 g/mol. The summed E-state index contributed by atoms with van der Waals surface area (Å²) in [5, 5.41) is 7.11. The fourth-order valence-electron chi connectivity index (χ4n) is 4.72. The molecule has 1 fully saturated rings. The average Bonchev–Trinajstić information content (AvgIpc) is 3.54. The Kier molecular flexibility index (Phi) is 6.92. The number of benzene rings is 2. The molecule has 8 heteroatoms. The van der Waals surface area contributed by atoms with Crippen molar-refractivity contribution in [1.82, 2.24) is 14.9 Å². The summed E-state index contributed by atoms with van der Waals surface area (Å²) in [5.41, 5.74) is 5.70. The SMILES string of the molecule is CCC(=O)Nc1ccc(N2C(=S)NC(c3ccccn3)C2c2cccn2-c2ccc(OC)cc2)cc1C. The van der Waals surface area contributed by atoms with E-state index in [2.05, 4.69) is 43.4 Å². The highest BCUT2D eigenvalue weighted by atomic mass is 32.1. The first-order chi connectivity index (χ1) is 18.0. The van der Waals surface area contributed by atoms with Crippen LogP contribution in [-0.2, 0) is 4.79 Å². The van der Waals surface area contributed by atoms with E-state index in [4.69, 9.17) is 17.0 Å². The van der Waals surface area contributed by atoms with E-state index < -0.39 is 0 Å². The van der Waals surface area contributed by atoms with Gasteiger partial charge >= 0.3 is 0 Å². The van der Waals surface area contributed by atoms with E-state index in [-0.39, 0.29) is 18.0 Å². The summed E-state index contributed by atoms with van der Waals surface area (Å²) in [5.74, 6) is 0.791. The monoisotopic (exact) mass is 511 g/mol. The largest absolute Gasteiger partial charge is 0.497 e. The fraction of sp³-hybridized carbons (Fsp3) is 0.207. The predicted molar refractivity (Wildman–Crippen MR) is 150 cm³/mol. The number of anilines is 2. The smallest absolute Gasteiger partial charge is 0.224 e. The van der Waals surface area contributed by atoms with Gasteiger partial charge in [-0.25, -0.2) is 0 Å². The molecule has 4 aromatic rings. The van der Waals surface area contributed by atoms with Crippen LogP contribution in [0.15, 0.2) is 85.2 Å². The standard InChI is InChI=1S/C29H29N5O2S/c1-4-26(35)31-23-15-12-21(18-19(23)2)34-28(27(32-29(34)37)24-8-5-6-16-30-24)25-9-7-17-33(25)20-10-13-22(36-3)14-11-20/h5-18,27-28H,4H2,1-3H3,(H,31,35)(H,32,37). The van der Waals surface area contributed by atoms with E-state index in [1.54, 1.807) is 13.3 Å². The Bertz CT molecular complexity index is 1420. The summed E-state index contributed by atoms with van der Waals surface area (Å²) in [6, 6.07) is 23.7. The maximum atomic E-state index is 12.0. The van der Waals surface area contributed by atoms with Crippen molar-refractivity contribution in [3.63, 3.8) is 0 Å². The van der Waals surface area contributed by atoms with Crippen LogP contribution in [0.4, 0.5) is 11.4 Å². The van der Waals surface area contributed by atoms with Crippen molar-refractivity contribution in [2.75, 3.05) is 17.3 Å². The number of carbonyl (C=O) groups excluding carboxylic acids is 1. The zero-order valence-corrected chi connectivity index (χ0v) is 21.8. The van der Waals surface area contributed by atoms with Gasteiger partial charge in [-0.15, -0.1) is 0 Å². The summed E-state index contributed by atoms with van der Waals surface area (Å²) in [4.78, 5) is 18.8. The van der Waals surface area contributed by atoms with Gasteiger partial charge in [0.1, 0.15) is 11.8 Å². The molecular formula is C29H29N5O2S. The number of rotatable bonds is 7. The molecule has 2 aromatic carbocycles. The normalized spacial score (nSPS) is 16.9. The lowest BCUT2D eigenvalue weighted by Crippen LogP contribution is -2.30.